The van der Waals surface area contributed by atoms with Crippen molar-refractivity contribution < 1.29 is 14.7 Å². The molecule has 2 aliphatic heterocycles. The van der Waals surface area contributed by atoms with E-state index in [0.717, 1.165) is 6.54 Å². The molecule has 0 aromatic heterocycles. The molecule has 2 amide bonds. The van der Waals surface area contributed by atoms with Crippen molar-refractivity contribution in [3.8, 4) is 0 Å². The van der Waals surface area contributed by atoms with Crippen LogP contribution >= 0.6 is 0 Å². The van der Waals surface area contributed by atoms with Crippen LogP contribution in [0.3, 0.4) is 0 Å². The lowest BCUT2D eigenvalue weighted by Gasteiger charge is -2.26. The van der Waals surface area contributed by atoms with Crippen molar-refractivity contribution in [2.75, 3.05) is 25.0 Å². The third-order valence-corrected chi connectivity index (χ3v) is 6.47. The molecule has 3 aliphatic rings. The molecule has 0 bridgehead atoms. The first-order valence-corrected chi connectivity index (χ1v) is 10.4. The summed E-state index contributed by atoms with van der Waals surface area (Å²) in [5, 5.41) is 16.3. The Kier molecular flexibility index (Phi) is 5.40. The quantitative estimate of drug-likeness (QED) is 0.698. The minimum Gasteiger partial charge on any atom is -0.511 e. The van der Waals surface area contributed by atoms with Gasteiger partial charge in [-0.25, -0.2) is 0 Å². The van der Waals surface area contributed by atoms with Crippen LogP contribution in [0.1, 0.15) is 50.5 Å². The third kappa shape index (κ3) is 3.65. The summed E-state index contributed by atoms with van der Waals surface area (Å²) in [5.41, 5.74) is 1.79. The number of nitrogens with one attached hydrogen (secondary N) is 2. The van der Waals surface area contributed by atoms with Crippen molar-refractivity contribution in [3.63, 3.8) is 0 Å². The molecule has 1 aromatic carbocycles. The summed E-state index contributed by atoms with van der Waals surface area (Å²) in [4.78, 5) is 27.3. The van der Waals surface area contributed by atoms with Gasteiger partial charge in [0, 0.05) is 18.8 Å². The zero-order chi connectivity index (χ0) is 19.7. The Bertz CT molecular complexity index is 781. The zero-order valence-corrected chi connectivity index (χ0v) is 16.4. The van der Waals surface area contributed by atoms with Gasteiger partial charge in [-0.05, 0) is 43.0 Å². The van der Waals surface area contributed by atoms with Crippen molar-refractivity contribution >= 4 is 17.5 Å². The highest BCUT2D eigenvalue weighted by atomic mass is 16.3. The number of aliphatic hydroxyl groups is 1. The Labute approximate surface area is 166 Å². The molecule has 6 heteroatoms. The van der Waals surface area contributed by atoms with Crippen molar-refractivity contribution in [1.29, 1.82) is 0 Å². The Morgan fingerprint density at radius 2 is 1.89 bits per heavy atom. The number of likely N-dealkylation sites (N-methyl/N-ethyl adjacent to an activating group) is 1. The lowest BCUT2D eigenvalue weighted by atomic mass is 9.84. The van der Waals surface area contributed by atoms with Gasteiger partial charge in [-0.2, -0.15) is 0 Å². The van der Waals surface area contributed by atoms with Crippen molar-refractivity contribution in [1.82, 2.24) is 10.2 Å². The summed E-state index contributed by atoms with van der Waals surface area (Å²) >= 11 is 0. The van der Waals surface area contributed by atoms with Crippen LogP contribution in [-0.2, 0) is 9.59 Å². The molecule has 1 saturated heterocycles. The van der Waals surface area contributed by atoms with Gasteiger partial charge in [0.1, 0.15) is 11.3 Å². The Hall–Kier alpha value is -2.34. The summed E-state index contributed by atoms with van der Waals surface area (Å²) in [6, 6.07) is 7.77. The Morgan fingerprint density at radius 3 is 2.57 bits per heavy atom. The molecule has 2 atom stereocenters. The van der Waals surface area contributed by atoms with Crippen molar-refractivity contribution in [2.45, 2.75) is 51.0 Å². The number of anilines is 1. The number of amides is 2. The largest absolute Gasteiger partial charge is 0.511 e. The number of fused-ring (bicyclic) bond motifs is 1. The molecule has 6 nitrogen and oxygen atoms in total. The molecular formula is C22H29N3O3. The molecule has 2 fully saturated rings. The van der Waals surface area contributed by atoms with Crippen LogP contribution in [0.4, 0.5) is 5.69 Å². The van der Waals surface area contributed by atoms with E-state index in [0.29, 0.717) is 24.7 Å². The van der Waals surface area contributed by atoms with Crippen LogP contribution in [0.5, 0.6) is 0 Å². The van der Waals surface area contributed by atoms with E-state index < -0.39 is 11.8 Å². The van der Waals surface area contributed by atoms with Crippen molar-refractivity contribution in [2.24, 2.45) is 5.92 Å². The highest BCUT2D eigenvalue weighted by Crippen LogP contribution is 2.33. The van der Waals surface area contributed by atoms with Crippen LogP contribution in [0, 0.1) is 5.92 Å². The first-order valence-electron chi connectivity index (χ1n) is 10.4. The summed E-state index contributed by atoms with van der Waals surface area (Å²) in [5.74, 6) is -0.731. The number of hydrogen-bond donors (Lipinski definition) is 3. The standard InChI is InChI=1S/C22H29N3O3/c1-2-25-12-17-18(13-25)24-22(28)19(20(17)26)21(27)23-16-10-8-15(9-11-16)14-6-4-3-5-7-14/h8-11,14,17-18,26H,2-7,12-13H2,1H3,(H,23,27)(H,24,28)/t17-,18?/m0/s1. The highest BCUT2D eigenvalue weighted by Gasteiger charge is 2.43. The van der Waals surface area contributed by atoms with Crippen LogP contribution in [-0.4, -0.2) is 47.5 Å². The molecule has 28 heavy (non-hydrogen) atoms. The van der Waals surface area contributed by atoms with E-state index in [1.165, 1.54) is 37.7 Å². The Morgan fingerprint density at radius 1 is 1.18 bits per heavy atom. The molecule has 1 saturated carbocycles. The average molecular weight is 383 g/mol. The molecule has 0 radical (unpaired) electrons. The fourth-order valence-electron chi connectivity index (χ4n) is 4.80. The van der Waals surface area contributed by atoms with Gasteiger partial charge in [0.05, 0.1) is 12.0 Å². The van der Waals surface area contributed by atoms with Gasteiger partial charge >= 0.3 is 0 Å². The maximum atomic E-state index is 12.7. The normalized spacial score (nSPS) is 26.1. The third-order valence-electron chi connectivity index (χ3n) is 6.47. The van der Waals surface area contributed by atoms with E-state index in [9.17, 15) is 14.7 Å². The van der Waals surface area contributed by atoms with E-state index in [2.05, 4.69) is 27.7 Å². The summed E-state index contributed by atoms with van der Waals surface area (Å²) < 4.78 is 0. The van der Waals surface area contributed by atoms with Gasteiger partial charge in [-0.15, -0.1) is 0 Å². The van der Waals surface area contributed by atoms with E-state index in [-0.39, 0.29) is 23.3 Å². The summed E-state index contributed by atoms with van der Waals surface area (Å²) in [6.45, 7) is 4.25. The van der Waals surface area contributed by atoms with Gasteiger partial charge in [-0.3, -0.25) is 9.59 Å². The second-order valence-corrected chi connectivity index (χ2v) is 8.21. The molecule has 0 spiro atoms. The number of aliphatic hydroxyl groups excluding tert-OH is 1. The molecule has 3 N–H and O–H groups in total. The first kappa shape index (κ1) is 19.0. The monoisotopic (exact) mass is 383 g/mol. The number of likely N-dealkylation sites (tertiary alicyclic amines) is 1. The predicted octanol–water partition coefficient (Wildman–Crippen LogP) is 2.94. The number of rotatable bonds is 4. The zero-order valence-electron chi connectivity index (χ0n) is 16.4. The van der Waals surface area contributed by atoms with E-state index in [4.69, 9.17) is 0 Å². The second-order valence-electron chi connectivity index (χ2n) is 8.21. The predicted molar refractivity (Wildman–Crippen MR) is 108 cm³/mol. The number of nitrogens with zero attached hydrogens (tertiary/aromatic N) is 1. The van der Waals surface area contributed by atoms with E-state index in [1.54, 1.807) is 0 Å². The molecular weight excluding hydrogens is 354 g/mol. The summed E-state index contributed by atoms with van der Waals surface area (Å²) in [7, 11) is 0. The van der Waals surface area contributed by atoms with Gasteiger partial charge in [0.15, 0.2) is 0 Å². The van der Waals surface area contributed by atoms with Gasteiger partial charge < -0.3 is 20.6 Å². The van der Waals surface area contributed by atoms with Crippen LogP contribution in [0.2, 0.25) is 0 Å². The minimum absolute atomic E-state index is 0.0824. The van der Waals surface area contributed by atoms with E-state index >= 15 is 0 Å². The van der Waals surface area contributed by atoms with Gasteiger partial charge in [0.2, 0.25) is 0 Å². The number of carbonyl (C=O) groups excluding carboxylic acids is 2. The van der Waals surface area contributed by atoms with Gasteiger partial charge in [0.25, 0.3) is 11.8 Å². The fourth-order valence-corrected chi connectivity index (χ4v) is 4.80. The maximum absolute atomic E-state index is 12.7. The first-order chi connectivity index (χ1) is 13.6. The number of carbonyl (C=O) groups is 2. The molecule has 1 aromatic rings. The highest BCUT2D eigenvalue weighted by molar-refractivity contribution is 6.23. The van der Waals surface area contributed by atoms with Crippen LogP contribution in [0.25, 0.3) is 0 Å². The number of benzene rings is 1. The van der Waals surface area contributed by atoms with Crippen LogP contribution in [0.15, 0.2) is 35.6 Å². The molecule has 1 unspecified atom stereocenters. The fraction of sp³-hybridized carbons (Fsp3) is 0.545. The smallest absolute Gasteiger partial charge is 0.264 e. The lowest BCUT2D eigenvalue weighted by molar-refractivity contribution is -0.123. The molecule has 2 heterocycles. The van der Waals surface area contributed by atoms with Crippen LogP contribution < -0.4 is 10.6 Å². The molecule has 1 aliphatic carbocycles. The molecule has 4 rings (SSSR count). The average Bonchev–Trinajstić information content (AvgIpc) is 3.12. The SMILES string of the molecule is CCN1CC2NC(=O)C(C(=O)Nc3ccc(C4CCCCC4)cc3)=C(O)[C@H]2C1. The topological polar surface area (TPSA) is 81.7 Å². The molecule has 150 valence electrons. The second kappa shape index (κ2) is 7.95. The lowest BCUT2D eigenvalue weighted by Crippen LogP contribution is -2.48. The van der Waals surface area contributed by atoms with Crippen molar-refractivity contribution in [3.05, 3.63) is 41.2 Å². The Balaban J connectivity index is 1.46. The van der Waals surface area contributed by atoms with E-state index in [1.807, 2.05) is 19.1 Å². The van der Waals surface area contributed by atoms with Gasteiger partial charge in [-0.1, -0.05) is 38.3 Å². The number of hydrogen-bond acceptors (Lipinski definition) is 4. The minimum atomic E-state index is -0.547. The summed E-state index contributed by atoms with van der Waals surface area (Å²) in [6.07, 6.45) is 6.34. The maximum Gasteiger partial charge on any atom is 0.264 e.